The van der Waals surface area contributed by atoms with Crippen LogP contribution in [0.5, 0.6) is 0 Å². The molecule has 1 saturated heterocycles. The first-order chi connectivity index (χ1) is 10.8. The predicted molar refractivity (Wildman–Crippen MR) is 85.9 cm³/mol. The van der Waals surface area contributed by atoms with Crippen LogP contribution in [0.2, 0.25) is 0 Å². The number of pyridine rings is 1. The summed E-state index contributed by atoms with van der Waals surface area (Å²) in [6.45, 7) is 3.66. The van der Waals surface area contributed by atoms with Crippen LogP contribution in [-0.2, 0) is 12.8 Å². The third kappa shape index (κ3) is 3.32. The minimum absolute atomic E-state index is 0.0998. The summed E-state index contributed by atoms with van der Waals surface area (Å²) >= 11 is 1.22. The van der Waals surface area contributed by atoms with Crippen LogP contribution in [0.3, 0.4) is 0 Å². The second-order valence-corrected chi connectivity index (χ2v) is 6.48. The number of carbonyl (C=O) groups excluding carboxylic acids is 1. The lowest BCUT2D eigenvalue weighted by Crippen LogP contribution is -2.40. The number of rotatable bonds is 4. The van der Waals surface area contributed by atoms with Crippen molar-refractivity contribution < 1.29 is 4.79 Å². The molecule has 3 heterocycles. The van der Waals surface area contributed by atoms with Crippen LogP contribution in [0.25, 0.3) is 0 Å². The number of nitrogens with zero attached hydrogens (tertiary/aromatic N) is 4. The van der Waals surface area contributed by atoms with Crippen LogP contribution in [0.1, 0.15) is 40.7 Å². The van der Waals surface area contributed by atoms with Crippen LogP contribution in [-0.4, -0.2) is 38.5 Å². The largest absolute Gasteiger partial charge is 0.338 e. The lowest BCUT2D eigenvalue weighted by Gasteiger charge is -2.32. The molecule has 0 radical (unpaired) electrons. The molecule has 1 unspecified atom stereocenters. The number of amides is 1. The highest BCUT2D eigenvalue weighted by molar-refractivity contribution is 7.08. The van der Waals surface area contributed by atoms with Crippen molar-refractivity contribution >= 4 is 17.4 Å². The maximum Gasteiger partial charge on any atom is 0.267 e. The van der Waals surface area contributed by atoms with Gasteiger partial charge in [-0.05, 0) is 54.8 Å². The van der Waals surface area contributed by atoms with E-state index in [-0.39, 0.29) is 5.91 Å². The van der Waals surface area contributed by atoms with E-state index in [1.54, 1.807) is 6.20 Å². The molecule has 116 valence electrons. The van der Waals surface area contributed by atoms with Crippen LogP contribution in [0.4, 0.5) is 0 Å². The average molecular weight is 316 g/mol. The van der Waals surface area contributed by atoms with Crippen molar-refractivity contribution in [2.75, 3.05) is 13.1 Å². The summed E-state index contributed by atoms with van der Waals surface area (Å²) in [6.07, 6.45) is 7.68. The smallest absolute Gasteiger partial charge is 0.267 e. The van der Waals surface area contributed by atoms with E-state index in [4.69, 9.17) is 0 Å². The molecular formula is C16H20N4OS. The number of likely N-dealkylation sites (tertiary alicyclic amines) is 1. The molecular weight excluding hydrogens is 296 g/mol. The predicted octanol–water partition coefficient (Wildman–Crippen LogP) is 2.59. The van der Waals surface area contributed by atoms with Gasteiger partial charge in [0.05, 0.1) is 5.69 Å². The Labute approximate surface area is 134 Å². The van der Waals surface area contributed by atoms with Crippen LogP contribution >= 0.6 is 11.5 Å². The van der Waals surface area contributed by atoms with Gasteiger partial charge in [0.2, 0.25) is 0 Å². The number of aryl methyl sites for hydroxylation is 1. The molecule has 5 nitrogen and oxygen atoms in total. The third-order valence-electron chi connectivity index (χ3n) is 4.14. The van der Waals surface area contributed by atoms with E-state index in [1.165, 1.54) is 23.5 Å². The van der Waals surface area contributed by atoms with Crippen LogP contribution in [0.15, 0.2) is 24.5 Å². The van der Waals surface area contributed by atoms with E-state index >= 15 is 0 Å². The lowest BCUT2D eigenvalue weighted by molar-refractivity contribution is 0.0677. The minimum atomic E-state index is 0.0998. The lowest BCUT2D eigenvalue weighted by atomic mass is 9.92. The van der Waals surface area contributed by atoms with Gasteiger partial charge in [-0.3, -0.25) is 9.78 Å². The Hall–Kier alpha value is -1.82. The highest BCUT2D eigenvalue weighted by Crippen LogP contribution is 2.23. The topological polar surface area (TPSA) is 59.0 Å². The standard InChI is InChI=1S/C16H20N4OS/c1-2-14-15(22-19-18-14)16(21)20-8-4-6-13(11-20)9-12-5-3-7-17-10-12/h3,5,7,10,13H,2,4,6,8-9,11H2,1H3. The molecule has 1 aliphatic rings. The molecule has 1 fully saturated rings. The summed E-state index contributed by atoms with van der Waals surface area (Å²) in [5, 5.41) is 4.05. The van der Waals surface area contributed by atoms with E-state index in [0.29, 0.717) is 10.8 Å². The molecule has 22 heavy (non-hydrogen) atoms. The Morgan fingerprint density at radius 3 is 3.18 bits per heavy atom. The summed E-state index contributed by atoms with van der Waals surface area (Å²) < 4.78 is 3.93. The fraction of sp³-hybridized carbons (Fsp3) is 0.500. The number of piperidine rings is 1. The maximum atomic E-state index is 12.7. The normalized spacial score (nSPS) is 18.4. The van der Waals surface area contributed by atoms with Gasteiger partial charge in [-0.15, -0.1) is 5.10 Å². The van der Waals surface area contributed by atoms with Crippen LogP contribution in [0, 0.1) is 5.92 Å². The van der Waals surface area contributed by atoms with E-state index in [0.717, 1.165) is 38.0 Å². The van der Waals surface area contributed by atoms with Gasteiger partial charge in [-0.2, -0.15) is 0 Å². The fourth-order valence-corrected chi connectivity index (χ4v) is 3.73. The molecule has 0 N–H and O–H groups in total. The van der Waals surface area contributed by atoms with Gasteiger partial charge in [0.15, 0.2) is 0 Å². The molecule has 1 amide bonds. The molecule has 1 atom stereocenters. The van der Waals surface area contributed by atoms with Crippen molar-refractivity contribution in [3.63, 3.8) is 0 Å². The highest BCUT2D eigenvalue weighted by Gasteiger charge is 2.27. The van der Waals surface area contributed by atoms with Crippen molar-refractivity contribution in [1.82, 2.24) is 19.5 Å². The number of aromatic nitrogens is 3. The van der Waals surface area contributed by atoms with E-state index in [2.05, 4.69) is 20.6 Å². The van der Waals surface area contributed by atoms with Crippen molar-refractivity contribution in [3.8, 4) is 0 Å². The summed E-state index contributed by atoms with van der Waals surface area (Å²) in [6, 6.07) is 4.08. The Balaban J connectivity index is 1.66. The molecule has 6 heteroatoms. The molecule has 0 aromatic carbocycles. The molecule has 0 bridgehead atoms. The second-order valence-electron chi connectivity index (χ2n) is 5.73. The Kier molecular flexibility index (Phi) is 4.77. The first-order valence-electron chi connectivity index (χ1n) is 7.77. The Bertz CT molecular complexity index is 628. The average Bonchev–Trinajstić information content (AvgIpc) is 3.04. The molecule has 3 rings (SSSR count). The molecule has 0 saturated carbocycles. The van der Waals surface area contributed by atoms with Crippen molar-refractivity contribution in [1.29, 1.82) is 0 Å². The zero-order valence-corrected chi connectivity index (χ0v) is 13.6. The molecule has 0 spiro atoms. The second kappa shape index (κ2) is 6.96. The van der Waals surface area contributed by atoms with Gasteiger partial charge >= 0.3 is 0 Å². The van der Waals surface area contributed by atoms with Gasteiger partial charge in [-0.25, -0.2) is 0 Å². The first kappa shape index (κ1) is 15.1. The molecule has 1 aliphatic heterocycles. The summed E-state index contributed by atoms with van der Waals surface area (Å²) in [5.41, 5.74) is 2.07. The number of hydrogen-bond donors (Lipinski definition) is 0. The van der Waals surface area contributed by atoms with Gasteiger partial charge < -0.3 is 4.90 Å². The van der Waals surface area contributed by atoms with Crippen molar-refractivity contribution in [2.24, 2.45) is 5.92 Å². The van der Waals surface area contributed by atoms with Crippen molar-refractivity contribution in [3.05, 3.63) is 40.7 Å². The fourth-order valence-electron chi connectivity index (χ4n) is 3.01. The highest BCUT2D eigenvalue weighted by atomic mass is 32.1. The van der Waals surface area contributed by atoms with Gasteiger partial charge in [-0.1, -0.05) is 17.5 Å². The molecule has 2 aromatic heterocycles. The minimum Gasteiger partial charge on any atom is -0.338 e. The van der Waals surface area contributed by atoms with Gasteiger partial charge in [0.25, 0.3) is 5.91 Å². The Morgan fingerprint density at radius 1 is 1.50 bits per heavy atom. The van der Waals surface area contributed by atoms with Gasteiger partial charge in [0, 0.05) is 25.5 Å². The zero-order chi connectivity index (χ0) is 15.4. The maximum absolute atomic E-state index is 12.7. The van der Waals surface area contributed by atoms with E-state index < -0.39 is 0 Å². The number of carbonyl (C=O) groups is 1. The monoisotopic (exact) mass is 316 g/mol. The summed E-state index contributed by atoms with van der Waals surface area (Å²) in [5.74, 6) is 0.607. The first-order valence-corrected chi connectivity index (χ1v) is 8.54. The van der Waals surface area contributed by atoms with Crippen LogP contribution < -0.4 is 0 Å². The zero-order valence-electron chi connectivity index (χ0n) is 12.7. The van der Waals surface area contributed by atoms with E-state index in [9.17, 15) is 4.79 Å². The SMILES string of the molecule is CCc1nnsc1C(=O)N1CCCC(Cc2cccnc2)C1. The summed E-state index contributed by atoms with van der Waals surface area (Å²) in [4.78, 5) is 19.5. The van der Waals surface area contributed by atoms with Crippen molar-refractivity contribution in [2.45, 2.75) is 32.6 Å². The third-order valence-corrected chi connectivity index (χ3v) is 4.89. The quantitative estimate of drug-likeness (QED) is 0.870. The summed E-state index contributed by atoms with van der Waals surface area (Å²) in [7, 11) is 0. The Morgan fingerprint density at radius 2 is 2.41 bits per heavy atom. The molecule has 2 aromatic rings. The van der Waals surface area contributed by atoms with E-state index in [1.807, 2.05) is 24.1 Å². The number of hydrogen-bond acceptors (Lipinski definition) is 5. The van der Waals surface area contributed by atoms with Gasteiger partial charge in [0.1, 0.15) is 4.88 Å². The molecule has 0 aliphatic carbocycles.